The minimum Gasteiger partial charge on any atom is -0.507 e. The van der Waals surface area contributed by atoms with E-state index in [0.29, 0.717) is 11.6 Å². The lowest BCUT2D eigenvalue weighted by atomic mass is 10.1. The Hall–Kier alpha value is -3.59. The van der Waals surface area contributed by atoms with Crippen molar-refractivity contribution in [2.75, 3.05) is 6.61 Å². The minimum atomic E-state index is -0.140. The monoisotopic (exact) mass is 386 g/mol. The van der Waals surface area contributed by atoms with Gasteiger partial charge in [0.05, 0.1) is 0 Å². The minimum absolute atomic E-state index is 0.101. The van der Waals surface area contributed by atoms with Crippen molar-refractivity contribution in [2.45, 2.75) is 32.2 Å². The van der Waals surface area contributed by atoms with Crippen LogP contribution in [0.4, 0.5) is 0 Å². The molecule has 1 aliphatic rings. The molecule has 6 heteroatoms. The third-order valence-corrected chi connectivity index (χ3v) is 5.07. The number of nitrogens with zero attached hydrogens (tertiary/aromatic N) is 4. The molecule has 4 rings (SSSR count). The maximum absolute atomic E-state index is 10.5. The molecule has 1 N–H and O–H groups in total. The van der Waals surface area contributed by atoms with Crippen LogP contribution in [-0.2, 0) is 13.0 Å². The first kappa shape index (κ1) is 18.8. The lowest BCUT2D eigenvalue weighted by molar-refractivity contribution is 0.272. The van der Waals surface area contributed by atoms with Gasteiger partial charge < -0.3 is 14.4 Å². The number of aromatic nitrogens is 3. The maximum Gasteiger partial charge on any atom is 0.178 e. The quantitative estimate of drug-likeness (QED) is 0.514. The Kier molecular flexibility index (Phi) is 5.57. The van der Waals surface area contributed by atoms with E-state index in [0.717, 1.165) is 49.2 Å². The van der Waals surface area contributed by atoms with Crippen LogP contribution in [0.25, 0.3) is 16.7 Å². The molecule has 6 nitrogen and oxygen atoms in total. The van der Waals surface area contributed by atoms with Gasteiger partial charge in [-0.2, -0.15) is 5.26 Å². The fraction of sp³-hybridized carbons (Fsp3) is 0.261. The van der Waals surface area contributed by atoms with Crippen LogP contribution >= 0.6 is 0 Å². The Morgan fingerprint density at radius 2 is 1.76 bits per heavy atom. The van der Waals surface area contributed by atoms with Crippen LogP contribution in [0.3, 0.4) is 0 Å². The van der Waals surface area contributed by atoms with Crippen molar-refractivity contribution in [2.24, 2.45) is 0 Å². The second-order valence-electron chi connectivity index (χ2n) is 7.01. The number of nitriles is 1. The Labute approximate surface area is 169 Å². The first-order valence-electron chi connectivity index (χ1n) is 9.79. The van der Waals surface area contributed by atoms with Gasteiger partial charge in [0, 0.05) is 13.0 Å². The first-order valence-corrected chi connectivity index (χ1v) is 9.79. The van der Waals surface area contributed by atoms with Gasteiger partial charge >= 0.3 is 0 Å². The lowest BCUT2D eigenvalue weighted by Crippen LogP contribution is -2.09. The molecule has 0 radical (unpaired) electrons. The van der Waals surface area contributed by atoms with Crippen LogP contribution in [0.2, 0.25) is 0 Å². The van der Waals surface area contributed by atoms with Crippen molar-refractivity contribution in [1.82, 2.24) is 14.8 Å². The number of aryl methyl sites for hydroxylation is 1. The molecule has 0 aliphatic carbocycles. The van der Waals surface area contributed by atoms with Gasteiger partial charge in [0.1, 0.15) is 29.8 Å². The molecular formula is C23H22N4O2. The van der Waals surface area contributed by atoms with E-state index in [4.69, 9.17) is 4.74 Å². The van der Waals surface area contributed by atoms with E-state index in [9.17, 15) is 10.4 Å². The summed E-state index contributed by atoms with van der Waals surface area (Å²) in [7, 11) is 0. The highest BCUT2D eigenvalue weighted by Gasteiger charge is 2.20. The van der Waals surface area contributed by atoms with Gasteiger partial charge in [-0.15, -0.1) is 10.2 Å². The van der Waals surface area contributed by atoms with Gasteiger partial charge in [-0.1, -0.05) is 48.9 Å². The van der Waals surface area contributed by atoms with Crippen LogP contribution in [0.1, 0.15) is 30.9 Å². The van der Waals surface area contributed by atoms with Gasteiger partial charge in [0.25, 0.3) is 0 Å². The summed E-state index contributed by atoms with van der Waals surface area (Å²) < 4.78 is 7.63. The summed E-state index contributed by atoms with van der Waals surface area (Å²) in [6.45, 7) is 0.660. The Morgan fingerprint density at radius 3 is 2.52 bits per heavy atom. The van der Waals surface area contributed by atoms with Gasteiger partial charge in [-0.3, -0.25) is 0 Å². The fourth-order valence-corrected chi connectivity index (χ4v) is 3.51. The number of ether oxygens (including phenoxy) is 1. The molecule has 146 valence electrons. The number of allylic oxidation sites excluding steroid dienone is 1. The molecule has 0 amide bonds. The number of aliphatic hydroxyl groups excluding tert-OH is 1. The smallest absolute Gasteiger partial charge is 0.178 e. The molecule has 2 heterocycles. The van der Waals surface area contributed by atoms with Crippen LogP contribution in [0.5, 0.6) is 5.75 Å². The molecule has 0 atom stereocenters. The third-order valence-electron chi connectivity index (χ3n) is 5.07. The summed E-state index contributed by atoms with van der Waals surface area (Å²) >= 11 is 0. The van der Waals surface area contributed by atoms with Crippen LogP contribution < -0.4 is 4.74 Å². The summed E-state index contributed by atoms with van der Waals surface area (Å²) in [5.74, 6) is 1.77. The van der Waals surface area contributed by atoms with Crippen LogP contribution in [0.15, 0.2) is 60.4 Å². The zero-order chi connectivity index (χ0) is 20.1. The zero-order valence-corrected chi connectivity index (χ0v) is 16.1. The van der Waals surface area contributed by atoms with Crippen molar-refractivity contribution < 1.29 is 9.84 Å². The van der Waals surface area contributed by atoms with Gasteiger partial charge in [0.2, 0.25) is 0 Å². The molecule has 0 saturated carbocycles. The number of rotatable bonds is 5. The molecule has 2 aromatic carbocycles. The van der Waals surface area contributed by atoms with E-state index in [1.807, 2.05) is 59.2 Å². The third kappa shape index (κ3) is 4.14. The number of benzene rings is 2. The van der Waals surface area contributed by atoms with E-state index < -0.39 is 0 Å². The molecule has 0 spiro atoms. The van der Waals surface area contributed by atoms with Crippen molar-refractivity contribution in [1.29, 1.82) is 5.26 Å². The lowest BCUT2D eigenvalue weighted by Gasteiger charge is -2.10. The second kappa shape index (κ2) is 8.61. The van der Waals surface area contributed by atoms with Gasteiger partial charge in [-0.05, 0) is 36.1 Å². The molecule has 0 saturated heterocycles. The van der Waals surface area contributed by atoms with Crippen LogP contribution in [0, 0.1) is 11.3 Å². The molecule has 3 aromatic rings. The predicted octanol–water partition coefficient (Wildman–Crippen LogP) is 4.54. The molecular weight excluding hydrogens is 364 g/mol. The number of fused-ring (bicyclic) bond motifs is 1. The zero-order valence-electron chi connectivity index (χ0n) is 16.1. The maximum atomic E-state index is 10.5. The van der Waals surface area contributed by atoms with Crippen molar-refractivity contribution in [3.05, 3.63) is 72.0 Å². The SMILES string of the molecule is N#CC(=C(O)COc1ccc(-c2ccccc2)cc1)c1nnc2n1CCCCC2. The number of hydrogen-bond donors (Lipinski definition) is 1. The standard InChI is InChI=1S/C23H22N4O2/c24-15-20(23-26-25-22-9-5-2-6-14-27(22)23)21(28)16-29-19-12-10-18(11-13-19)17-7-3-1-4-8-17/h1,3-4,7-8,10-13,28H,2,5-6,9,14,16H2. The average molecular weight is 386 g/mol. The molecule has 1 aliphatic heterocycles. The van der Waals surface area contributed by atoms with Gasteiger partial charge in [-0.25, -0.2) is 0 Å². The average Bonchev–Trinajstić information content (AvgIpc) is 3.01. The summed E-state index contributed by atoms with van der Waals surface area (Å²) in [5.41, 5.74) is 2.33. The Balaban J connectivity index is 1.49. The van der Waals surface area contributed by atoms with Crippen LogP contribution in [-0.4, -0.2) is 26.5 Å². The van der Waals surface area contributed by atoms with E-state index in [1.165, 1.54) is 0 Å². The molecule has 0 fully saturated rings. The number of hydrogen-bond acceptors (Lipinski definition) is 5. The summed E-state index contributed by atoms with van der Waals surface area (Å²) in [6.07, 6.45) is 4.05. The summed E-state index contributed by atoms with van der Waals surface area (Å²) in [6, 6.07) is 19.8. The first-order chi connectivity index (χ1) is 14.3. The molecule has 0 unspecified atom stereocenters. The molecule has 0 bridgehead atoms. The highest BCUT2D eigenvalue weighted by atomic mass is 16.5. The van der Waals surface area contributed by atoms with Crippen molar-refractivity contribution in [3.8, 4) is 22.9 Å². The normalized spacial score (nSPS) is 14.3. The highest BCUT2D eigenvalue weighted by molar-refractivity contribution is 5.74. The topological polar surface area (TPSA) is 84.0 Å². The van der Waals surface area contributed by atoms with E-state index in [2.05, 4.69) is 16.3 Å². The Morgan fingerprint density at radius 1 is 1.00 bits per heavy atom. The second-order valence-corrected chi connectivity index (χ2v) is 7.01. The Bertz CT molecular complexity index is 1050. The highest BCUT2D eigenvalue weighted by Crippen LogP contribution is 2.24. The molecule has 1 aromatic heterocycles. The fourth-order valence-electron chi connectivity index (χ4n) is 3.51. The predicted molar refractivity (Wildman–Crippen MR) is 110 cm³/mol. The van der Waals surface area contributed by atoms with E-state index >= 15 is 0 Å². The molecule has 29 heavy (non-hydrogen) atoms. The largest absolute Gasteiger partial charge is 0.507 e. The van der Waals surface area contributed by atoms with Gasteiger partial charge in [0.15, 0.2) is 11.6 Å². The summed E-state index contributed by atoms with van der Waals surface area (Å²) in [4.78, 5) is 0. The van der Waals surface area contributed by atoms with E-state index in [-0.39, 0.29) is 17.9 Å². The summed E-state index contributed by atoms with van der Waals surface area (Å²) in [5, 5.41) is 28.4. The van der Waals surface area contributed by atoms with E-state index in [1.54, 1.807) is 0 Å². The van der Waals surface area contributed by atoms with Crippen molar-refractivity contribution >= 4 is 5.57 Å². The van der Waals surface area contributed by atoms with Crippen molar-refractivity contribution in [3.63, 3.8) is 0 Å². The number of aliphatic hydroxyl groups is 1.